The van der Waals surface area contributed by atoms with Crippen molar-refractivity contribution in [3.63, 3.8) is 0 Å². The molecule has 0 N–H and O–H groups in total. The molecule has 1 aromatic carbocycles. The molecule has 2 heterocycles. The van der Waals surface area contributed by atoms with Crippen molar-refractivity contribution < 1.29 is 21.9 Å². The Bertz CT molecular complexity index is 967. The van der Waals surface area contributed by atoms with Gasteiger partial charge in [-0.2, -0.15) is 0 Å². The normalized spacial score (nSPS) is 16.8. The Kier molecular flexibility index (Phi) is 6.18. The Morgan fingerprint density at radius 1 is 1.29 bits per heavy atom. The van der Waals surface area contributed by atoms with Crippen molar-refractivity contribution in [1.29, 1.82) is 0 Å². The second-order valence-electron chi connectivity index (χ2n) is 6.76. The standard InChI is InChI=1S/C18H20BrF2N3O3S/c1-11(28(2,25)26)15-10-22-18(17(19)23-15)24-7-5-13(6-8-24)27-16-4-3-12(20)9-14(16)21/h3-4,9-11,13H,5-8H2,1-2H3. The van der Waals surface area contributed by atoms with Crippen LogP contribution in [0, 0.1) is 11.6 Å². The second-order valence-corrected chi connectivity index (χ2v) is 9.88. The first kappa shape index (κ1) is 20.9. The molecule has 0 spiro atoms. The van der Waals surface area contributed by atoms with E-state index in [4.69, 9.17) is 4.74 Å². The summed E-state index contributed by atoms with van der Waals surface area (Å²) in [5.74, 6) is -0.695. The monoisotopic (exact) mass is 475 g/mol. The summed E-state index contributed by atoms with van der Waals surface area (Å²) in [5.41, 5.74) is 0.378. The number of hydrogen-bond acceptors (Lipinski definition) is 6. The molecule has 0 radical (unpaired) electrons. The lowest BCUT2D eigenvalue weighted by Gasteiger charge is -2.33. The molecule has 1 unspecified atom stereocenters. The van der Waals surface area contributed by atoms with Crippen molar-refractivity contribution in [3.05, 3.63) is 46.3 Å². The van der Waals surface area contributed by atoms with Crippen LogP contribution in [-0.2, 0) is 9.84 Å². The quantitative estimate of drug-likeness (QED) is 0.656. The molecule has 152 valence electrons. The van der Waals surface area contributed by atoms with Crippen LogP contribution in [0.1, 0.15) is 30.7 Å². The summed E-state index contributed by atoms with van der Waals surface area (Å²) in [6.45, 7) is 2.80. The Hall–Kier alpha value is -1.81. The highest BCUT2D eigenvalue weighted by Crippen LogP contribution is 2.29. The van der Waals surface area contributed by atoms with Crippen molar-refractivity contribution in [2.45, 2.75) is 31.1 Å². The molecule has 0 saturated carbocycles. The Balaban J connectivity index is 1.64. The van der Waals surface area contributed by atoms with Gasteiger partial charge in [-0.15, -0.1) is 0 Å². The maximum absolute atomic E-state index is 13.7. The van der Waals surface area contributed by atoms with Gasteiger partial charge < -0.3 is 9.64 Å². The van der Waals surface area contributed by atoms with Crippen molar-refractivity contribution in [3.8, 4) is 5.75 Å². The van der Waals surface area contributed by atoms with Crippen molar-refractivity contribution in [2.24, 2.45) is 0 Å². The van der Waals surface area contributed by atoms with Gasteiger partial charge in [0.15, 0.2) is 27.2 Å². The summed E-state index contributed by atoms with van der Waals surface area (Å²) in [6, 6.07) is 3.26. The third-order valence-electron chi connectivity index (χ3n) is 4.72. The molecule has 1 aliphatic rings. The molecular weight excluding hydrogens is 456 g/mol. The maximum Gasteiger partial charge on any atom is 0.167 e. The molecule has 10 heteroatoms. The highest BCUT2D eigenvalue weighted by molar-refractivity contribution is 9.10. The minimum Gasteiger partial charge on any atom is -0.487 e. The van der Waals surface area contributed by atoms with Crippen LogP contribution in [0.25, 0.3) is 0 Å². The summed E-state index contributed by atoms with van der Waals surface area (Å²) >= 11 is 3.38. The largest absolute Gasteiger partial charge is 0.487 e. The van der Waals surface area contributed by atoms with Crippen LogP contribution in [0.2, 0.25) is 0 Å². The summed E-state index contributed by atoms with van der Waals surface area (Å²) < 4.78 is 56.3. The number of piperidine rings is 1. The molecule has 3 rings (SSSR count). The number of halogens is 3. The fraction of sp³-hybridized carbons (Fsp3) is 0.444. The number of benzene rings is 1. The van der Waals surface area contributed by atoms with Crippen LogP contribution in [0.3, 0.4) is 0 Å². The van der Waals surface area contributed by atoms with Crippen LogP contribution in [-0.4, -0.2) is 43.8 Å². The van der Waals surface area contributed by atoms with Gasteiger partial charge >= 0.3 is 0 Å². The fourth-order valence-electron chi connectivity index (χ4n) is 2.94. The Labute approximate surface area is 171 Å². The number of anilines is 1. The smallest absolute Gasteiger partial charge is 0.167 e. The molecule has 1 saturated heterocycles. The summed E-state index contributed by atoms with van der Waals surface area (Å²) in [4.78, 5) is 10.7. The van der Waals surface area contributed by atoms with E-state index in [0.717, 1.165) is 12.3 Å². The van der Waals surface area contributed by atoms with Gasteiger partial charge in [0.1, 0.15) is 21.8 Å². The Morgan fingerprint density at radius 3 is 2.54 bits per heavy atom. The number of ether oxygens (including phenoxy) is 1. The van der Waals surface area contributed by atoms with E-state index in [0.29, 0.717) is 42.0 Å². The van der Waals surface area contributed by atoms with E-state index in [1.807, 2.05) is 4.90 Å². The third-order valence-corrected chi connectivity index (χ3v) is 6.78. The molecule has 0 amide bonds. The third kappa shape index (κ3) is 4.78. The minimum absolute atomic E-state index is 0.0416. The van der Waals surface area contributed by atoms with Crippen LogP contribution < -0.4 is 9.64 Å². The molecule has 1 fully saturated rings. The minimum atomic E-state index is -3.26. The number of rotatable bonds is 5. The summed E-state index contributed by atoms with van der Waals surface area (Å²) in [7, 11) is -3.26. The van der Waals surface area contributed by atoms with Gasteiger partial charge in [0.05, 0.1) is 11.9 Å². The predicted octanol–water partition coefficient (Wildman–Crippen LogP) is 3.67. The molecule has 0 aliphatic carbocycles. The molecule has 1 atom stereocenters. The first-order valence-electron chi connectivity index (χ1n) is 8.73. The lowest BCUT2D eigenvalue weighted by molar-refractivity contribution is 0.163. The molecule has 0 bridgehead atoms. The predicted molar refractivity (Wildman–Crippen MR) is 105 cm³/mol. The maximum atomic E-state index is 13.7. The zero-order chi connectivity index (χ0) is 20.5. The lowest BCUT2D eigenvalue weighted by atomic mass is 10.1. The van der Waals surface area contributed by atoms with Crippen LogP contribution in [0.4, 0.5) is 14.6 Å². The highest BCUT2D eigenvalue weighted by atomic mass is 79.9. The summed E-state index contributed by atoms with van der Waals surface area (Å²) in [5, 5.41) is -0.741. The summed E-state index contributed by atoms with van der Waals surface area (Å²) in [6.07, 6.45) is 3.71. The first-order chi connectivity index (χ1) is 13.1. The van der Waals surface area contributed by atoms with E-state index in [9.17, 15) is 17.2 Å². The number of sulfone groups is 1. The van der Waals surface area contributed by atoms with Crippen LogP contribution in [0.5, 0.6) is 5.75 Å². The van der Waals surface area contributed by atoms with Crippen LogP contribution >= 0.6 is 15.9 Å². The van der Waals surface area contributed by atoms with Gasteiger partial charge in [-0.25, -0.2) is 27.2 Å². The molecule has 6 nitrogen and oxygen atoms in total. The fourth-order valence-corrected chi connectivity index (χ4v) is 4.05. The molecule has 1 aromatic heterocycles. The average Bonchev–Trinajstić information content (AvgIpc) is 2.63. The number of hydrogen-bond donors (Lipinski definition) is 0. The zero-order valence-corrected chi connectivity index (χ0v) is 17.8. The van der Waals surface area contributed by atoms with E-state index in [2.05, 4.69) is 25.9 Å². The highest BCUT2D eigenvalue weighted by Gasteiger charge is 2.26. The Morgan fingerprint density at radius 2 is 1.96 bits per heavy atom. The van der Waals surface area contributed by atoms with Gasteiger partial charge in [0.25, 0.3) is 0 Å². The van der Waals surface area contributed by atoms with Gasteiger partial charge in [0.2, 0.25) is 0 Å². The second kappa shape index (κ2) is 8.28. The van der Waals surface area contributed by atoms with Crippen molar-refractivity contribution in [1.82, 2.24) is 9.97 Å². The first-order valence-corrected chi connectivity index (χ1v) is 11.5. The van der Waals surface area contributed by atoms with Gasteiger partial charge in [-0.3, -0.25) is 0 Å². The number of aromatic nitrogens is 2. The van der Waals surface area contributed by atoms with E-state index in [1.54, 1.807) is 6.92 Å². The molecular formula is C18H20BrF2N3O3S. The van der Waals surface area contributed by atoms with E-state index in [1.165, 1.54) is 18.3 Å². The van der Waals surface area contributed by atoms with E-state index in [-0.39, 0.29) is 11.9 Å². The van der Waals surface area contributed by atoms with Gasteiger partial charge in [-0.05, 0) is 35.0 Å². The van der Waals surface area contributed by atoms with Gasteiger partial charge in [0, 0.05) is 38.3 Å². The zero-order valence-electron chi connectivity index (χ0n) is 15.4. The lowest BCUT2D eigenvalue weighted by Crippen LogP contribution is -2.39. The topological polar surface area (TPSA) is 72.4 Å². The van der Waals surface area contributed by atoms with Crippen LogP contribution in [0.15, 0.2) is 29.0 Å². The number of nitrogens with zero attached hydrogens (tertiary/aromatic N) is 3. The molecule has 2 aromatic rings. The van der Waals surface area contributed by atoms with E-state index >= 15 is 0 Å². The van der Waals surface area contributed by atoms with Gasteiger partial charge in [-0.1, -0.05) is 0 Å². The average molecular weight is 476 g/mol. The van der Waals surface area contributed by atoms with E-state index < -0.39 is 26.7 Å². The van der Waals surface area contributed by atoms with Crippen molar-refractivity contribution in [2.75, 3.05) is 24.2 Å². The molecule has 28 heavy (non-hydrogen) atoms. The van der Waals surface area contributed by atoms with Crippen molar-refractivity contribution >= 4 is 31.6 Å². The molecule has 1 aliphatic heterocycles. The SMILES string of the molecule is CC(c1cnc(N2CCC(Oc3ccc(F)cc3F)CC2)c(Br)n1)S(C)(=O)=O.